The Morgan fingerprint density at radius 2 is 2.46 bits per heavy atom. The van der Waals surface area contributed by atoms with Gasteiger partial charge in [-0.25, -0.2) is 9.78 Å². The van der Waals surface area contributed by atoms with E-state index in [0.29, 0.717) is 14.8 Å². The fourth-order valence-corrected chi connectivity index (χ4v) is 1.17. The van der Waals surface area contributed by atoms with Crippen LogP contribution in [-0.4, -0.2) is 18.1 Å². The zero-order chi connectivity index (χ0) is 9.84. The number of carbonyl (C=O) groups is 1. The lowest BCUT2D eigenvalue weighted by atomic mass is 10.2. The molecule has 1 heterocycles. The van der Waals surface area contributed by atoms with Crippen molar-refractivity contribution in [2.24, 2.45) is 0 Å². The van der Waals surface area contributed by atoms with E-state index in [4.69, 9.17) is 5.26 Å². The molecular weight excluding hydrogens is 283 g/mol. The molecule has 13 heavy (non-hydrogen) atoms. The lowest BCUT2D eigenvalue weighted by Gasteiger charge is -1.99. The van der Waals surface area contributed by atoms with E-state index in [1.807, 2.05) is 28.7 Å². The largest absolute Gasteiger partial charge is 0.465 e. The fraction of sp³-hybridized carbons (Fsp3) is 0.125. The Hall–Kier alpha value is -1.16. The Labute approximate surface area is 88.7 Å². The van der Waals surface area contributed by atoms with E-state index in [0.717, 1.165) is 0 Å². The van der Waals surface area contributed by atoms with Crippen molar-refractivity contribution >= 4 is 28.6 Å². The second kappa shape index (κ2) is 4.18. The molecule has 0 N–H and O–H groups in total. The van der Waals surface area contributed by atoms with Crippen molar-refractivity contribution in [3.05, 3.63) is 27.1 Å². The smallest absolute Gasteiger partial charge is 0.339 e. The summed E-state index contributed by atoms with van der Waals surface area (Å²) in [4.78, 5) is 14.9. The third-order valence-corrected chi connectivity index (χ3v) is 2.24. The van der Waals surface area contributed by atoms with Crippen LogP contribution in [0.25, 0.3) is 0 Å². The van der Waals surface area contributed by atoms with Crippen LogP contribution in [0.5, 0.6) is 0 Å². The summed E-state index contributed by atoms with van der Waals surface area (Å²) < 4.78 is 5.06. The van der Waals surface area contributed by atoms with Crippen molar-refractivity contribution in [1.82, 2.24) is 4.98 Å². The first-order valence-corrected chi connectivity index (χ1v) is 4.41. The SMILES string of the molecule is COC(=O)c1cnc(I)c(C#N)c1. The number of carbonyl (C=O) groups excluding carboxylic acids is 1. The molecule has 0 saturated heterocycles. The predicted molar refractivity (Wildman–Crippen MR) is 53.0 cm³/mol. The number of pyridine rings is 1. The molecule has 0 spiro atoms. The summed E-state index contributed by atoms with van der Waals surface area (Å²) in [5.74, 6) is -0.486. The van der Waals surface area contributed by atoms with Gasteiger partial charge < -0.3 is 4.74 Å². The van der Waals surface area contributed by atoms with Gasteiger partial charge in [-0.3, -0.25) is 0 Å². The molecule has 0 aliphatic carbocycles. The van der Waals surface area contributed by atoms with Crippen molar-refractivity contribution in [2.45, 2.75) is 0 Å². The van der Waals surface area contributed by atoms with Crippen LogP contribution >= 0.6 is 22.6 Å². The molecule has 5 heteroatoms. The van der Waals surface area contributed by atoms with E-state index in [2.05, 4.69) is 9.72 Å². The molecule has 0 atom stereocenters. The molecule has 0 amide bonds. The Bertz CT molecular complexity index is 384. The number of halogens is 1. The van der Waals surface area contributed by atoms with Gasteiger partial charge in [0.25, 0.3) is 0 Å². The van der Waals surface area contributed by atoms with Crippen LogP contribution in [0.2, 0.25) is 0 Å². The van der Waals surface area contributed by atoms with Crippen molar-refractivity contribution in [2.75, 3.05) is 7.11 Å². The zero-order valence-electron chi connectivity index (χ0n) is 6.74. The van der Waals surface area contributed by atoms with E-state index >= 15 is 0 Å². The third-order valence-electron chi connectivity index (χ3n) is 1.38. The molecule has 0 unspecified atom stereocenters. The summed E-state index contributed by atoms with van der Waals surface area (Å²) >= 11 is 1.93. The number of rotatable bonds is 1. The molecule has 0 aromatic carbocycles. The number of hydrogen-bond acceptors (Lipinski definition) is 4. The number of ether oxygens (including phenoxy) is 1. The third kappa shape index (κ3) is 2.15. The van der Waals surface area contributed by atoms with Gasteiger partial charge in [-0.1, -0.05) is 0 Å². The molecule has 66 valence electrons. The van der Waals surface area contributed by atoms with E-state index < -0.39 is 5.97 Å². The van der Waals surface area contributed by atoms with Gasteiger partial charge in [-0.2, -0.15) is 5.26 Å². The van der Waals surface area contributed by atoms with Crippen molar-refractivity contribution in [1.29, 1.82) is 5.26 Å². The molecule has 0 aliphatic heterocycles. The maximum atomic E-state index is 11.0. The molecule has 0 radical (unpaired) electrons. The predicted octanol–water partition coefficient (Wildman–Crippen LogP) is 1.34. The molecule has 1 aromatic heterocycles. The van der Waals surface area contributed by atoms with Gasteiger partial charge >= 0.3 is 5.97 Å². The van der Waals surface area contributed by atoms with Crippen molar-refractivity contribution in [3.63, 3.8) is 0 Å². The van der Waals surface area contributed by atoms with E-state index in [-0.39, 0.29) is 0 Å². The first-order chi connectivity index (χ1) is 6.19. The zero-order valence-corrected chi connectivity index (χ0v) is 8.90. The minimum Gasteiger partial charge on any atom is -0.465 e. The second-order valence-corrected chi connectivity index (χ2v) is 3.19. The first-order valence-electron chi connectivity index (χ1n) is 3.33. The van der Waals surface area contributed by atoms with Gasteiger partial charge in [0.15, 0.2) is 0 Å². The van der Waals surface area contributed by atoms with Crippen LogP contribution in [0.4, 0.5) is 0 Å². The van der Waals surface area contributed by atoms with Crippen LogP contribution < -0.4 is 0 Å². The highest BCUT2D eigenvalue weighted by atomic mass is 127. The summed E-state index contributed by atoms with van der Waals surface area (Å²) in [7, 11) is 1.28. The Morgan fingerprint density at radius 1 is 1.77 bits per heavy atom. The molecule has 0 fully saturated rings. The lowest BCUT2D eigenvalue weighted by molar-refractivity contribution is 0.0600. The van der Waals surface area contributed by atoms with E-state index in [1.54, 1.807) is 0 Å². The Balaban J connectivity index is 3.15. The maximum absolute atomic E-state index is 11.0. The molecule has 1 aromatic rings. The molecule has 0 saturated carbocycles. The van der Waals surface area contributed by atoms with E-state index in [1.165, 1.54) is 19.4 Å². The summed E-state index contributed by atoms with van der Waals surface area (Å²) in [6, 6.07) is 3.40. The number of methoxy groups -OCH3 is 1. The average Bonchev–Trinajstić information content (AvgIpc) is 2.17. The van der Waals surface area contributed by atoms with Gasteiger partial charge in [0, 0.05) is 6.20 Å². The van der Waals surface area contributed by atoms with Crippen LogP contribution in [0.15, 0.2) is 12.3 Å². The van der Waals surface area contributed by atoms with Crippen LogP contribution in [0, 0.1) is 15.0 Å². The maximum Gasteiger partial charge on any atom is 0.339 e. The number of aromatic nitrogens is 1. The Morgan fingerprint density at radius 3 is 3.00 bits per heavy atom. The second-order valence-electron chi connectivity index (χ2n) is 2.17. The molecule has 0 bridgehead atoms. The van der Waals surface area contributed by atoms with Gasteiger partial charge in [-0.15, -0.1) is 0 Å². The number of hydrogen-bond donors (Lipinski definition) is 0. The highest BCUT2D eigenvalue weighted by Crippen LogP contribution is 2.10. The number of esters is 1. The molecular formula is C8H5IN2O2. The minimum absolute atomic E-state index is 0.291. The average molecular weight is 288 g/mol. The quantitative estimate of drug-likeness (QED) is 0.444. The van der Waals surface area contributed by atoms with Crippen LogP contribution in [-0.2, 0) is 4.74 Å². The first kappa shape index (κ1) is 9.92. The van der Waals surface area contributed by atoms with E-state index in [9.17, 15) is 4.79 Å². The molecule has 4 nitrogen and oxygen atoms in total. The summed E-state index contributed by atoms with van der Waals surface area (Å²) in [6.45, 7) is 0. The topological polar surface area (TPSA) is 63.0 Å². The monoisotopic (exact) mass is 288 g/mol. The molecule has 0 aliphatic rings. The number of nitrogens with zero attached hydrogens (tertiary/aromatic N) is 2. The van der Waals surface area contributed by atoms with Gasteiger partial charge in [0.1, 0.15) is 9.77 Å². The van der Waals surface area contributed by atoms with Crippen LogP contribution in [0.3, 0.4) is 0 Å². The normalized spacial score (nSPS) is 9.00. The van der Waals surface area contributed by atoms with Gasteiger partial charge in [-0.05, 0) is 28.7 Å². The highest BCUT2D eigenvalue weighted by molar-refractivity contribution is 14.1. The summed E-state index contributed by atoms with van der Waals surface area (Å²) in [5.41, 5.74) is 0.669. The van der Waals surface area contributed by atoms with Gasteiger partial charge in [0.05, 0.1) is 18.2 Å². The Kier molecular flexibility index (Phi) is 3.19. The minimum atomic E-state index is -0.486. The van der Waals surface area contributed by atoms with Crippen molar-refractivity contribution < 1.29 is 9.53 Å². The molecule has 1 rings (SSSR count). The summed E-state index contributed by atoms with van der Waals surface area (Å²) in [6.07, 6.45) is 1.38. The lowest BCUT2D eigenvalue weighted by Crippen LogP contribution is -2.03. The standard InChI is InChI=1S/C8H5IN2O2/c1-13-8(12)6-2-5(3-10)7(9)11-4-6/h2,4H,1H3. The highest BCUT2D eigenvalue weighted by Gasteiger charge is 2.08. The fourth-order valence-electron chi connectivity index (χ4n) is 0.756. The van der Waals surface area contributed by atoms with Crippen LogP contribution in [0.1, 0.15) is 15.9 Å². The number of nitriles is 1. The van der Waals surface area contributed by atoms with Crippen molar-refractivity contribution in [3.8, 4) is 6.07 Å². The van der Waals surface area contributed by atoms with Gasteiger partial charge in [0.2, 0.25) is 0 Å². The summed E-state index contributed by atoms with van der Waals surface area (Å²) in [5, 5.41) is 8.65.